The van der Waals surface area contributed by atoms with Crippen LogP contribution in [-0.4, -0.2) is 25.1 Å². The molecule has 0 saturated carbocycles. The number of aryl methyl sites for hydroxylation is 1. The fourth-order valence-electron chi connectivity index (χ4n) is 4.19. The number of piperidine rings is 1. The monoisotopic (exact) mass is 364 g/mol. The first-order valence-electron chi connectivity index (χ1n) is 10.0. The van der Waals surface area contributed by atoms with Gasteiger partial charge in [-0.1, -0.05) is 36.4 Å². The Labute approximate surface area is 161 Å². The van der Waals surface area contributed by atoms with E-state index in [9.17, 15) is 4.79 Å². The van der Waals surface area contributed by atoms with Crippen molar-refractivity contribution in [3.05, 3.63) is 65.2 Å². The van der Waals surface area contributed by atoms with Crippen molar-refractivity contribution in [1.29, 1.82) is 0 Å². The number of fused-ring (bicyclic) bond motifs is 1. The summed E-state index contributed by atoms with van der Waals surface area (Å²) < 4.78 is 5.76. The summed E-state index contributed by atoms with van der Waals surface area (Å²) in [4.78, 5) is 13.0. The van der Waals surface area contributed by atoms with Gasteiger partial charge < -0.3 is 15.4 Å². The number of hydrogen-bond donors (Lipinski definition) is 2. The van der Waals surface area contributed by atoms with Gasteiger partial charge in [-0.15, -0.1) is 0 Å². The van der Waals surface area contributed by atoms with Gasteiger partial charge in [-0.05, 0) is 68.0 Å². The number of benzene rings is 2. The van der Waals surface area contributed by atoms with Crippen LogP contribution in [0.5, 0.6) is 5.75 Å². The van der Waals surface area contributed by atoms with Crippen LogP contribution in [-0.2, 0) is 11.2 Å². The summed E-state index contributed by atoms with van der Waals surface area (Å²) in [7, 11) is 0. The standard InChI is InChI=1S/C23H28N2O2/c1-16-14-20(11-12-24-16)23(26)25-22(17-6-3-2-4-7-17)19-9-10-21-18(15-19)8-5-13-27-21/h2-4,6-7,9-10,15-16,20,22,24H,5,8,11-14H2,1H3,(H,25,26)/t16-,20-,22?/m0/s1. The van der Waals surface area contributed by atoms with Crippen molar-refractivity contribution in [3.63, 3.8) is 0 Å². The maximum Gasteiger partial charge on any atom is 0.223 e. The molecule has 27 heavy (non-hydrogen) atoms. The Hall–Kier alpha value is -2.33. The second-order valence-corrected chi connectivity index (χ2v) is 7.75. The van der Waals surface area contributed by atoms with Crippen molar-refractivity contribution >= 4 is 5.91 Å². The molecule has 1 unspecified atom stereocenters. The van der Waals surface area contributed by atoms with Gasteiger partial charge in [0.15, 0.2) is 0 Å². The lowest BCUT2D eigenvalue weighted by Crippen LogP contribution is -2.43. The topological polar surface area (TPSA) is 50.4 Å². The van der Waals surface area contributed by atoms with Crippen LogP contribution in [0.25, 0.3) is 0 Å². The highest BCUT2D eigenvalue weighted by Gasteiger charge is 2.27. The number of nitrogens with one attached hydrogen (secondary N) is 2. The summed E-state index contributed by atoms with van der Waals surface area (Å²) in [6.45, 7) is 3.85. The minimum Gasteiger partial charge on any atom is -0.493 e. The average Bonchev–Trinajstić information content (AvgIpc) is 2.72. The maximum atomic E-state index is 13.0. The van der Waals surface area contributed by atoms with Crippen molar-refractivity contribution in [2.75, 3.05) is 13.2 Å². The van der Waals surface area contributed by atoms with Crippen LogP contribution in [0.3, 0.4) is 0 Å². The minimum atomic E-state index is -0.129. The molecule has 2 N–H and O–H groups in total. The van der Waals surface area contributed by atoms with E-state index in [4.69, 9.17) is 4.74 Å². The van der Waals surface area contributed by atoms with Gasteiger partial charge in [0.1, 0.15) is 5.75 Å². The molecular weight excluding hydrogens is 336 g/mol. The van der Waals surface area contributed by atoms with Crippen LogP contribution in [0, 0.1) is 5.92 Å². The third-order valence-corrected chi connectivity index (χ3v) is 5.68. The maximum absolute atomic E-state index is 13.0. The van der Waals surface area contributed by atoms with E-state index in [1.165, 1.54) is 5.56 Å². The Morgan fingerprint density at radius 3 is 2.85 bits per heavy atom. The summed E-state index contributed by atoms with van der Waals surface area (Å²) in [6.07, 6.45) is 3.87. The largest absolute Gasteiger partial charge is 0.493 e. The van der Waals surface area contributed by atoms with E-state index in [1.54, 1.807) is 0 Å². The SMILES string of the molecule is C[C@H]1C[C@@H](C(=O)NC(c2ccccc2)c2ccc3c(c2)CCCO3)CCN1. The molecule has 142 valence electrons. The van der Waals surface area contributed by atoms with E-state index < -0.39 is 0 Å². The molecule has 2 heterocycles. The second-order valence-electron chi connectivity index (χ2n) is 7.75. The zero-order valence-electron chi connectivity index (χ0n) is 15.9. The Morgan fingerprint density at radius 1 is 1.19 bits per heavy atom. The predicted molar refractivity (Wildman–Crippen MR) is 107 cm³/mol. The molecule has 2 aromatic rings. The van der Waals surface area contributed by atoms with Crippen LogP contribution in [0.2, 0.25) is 0 Å². The van der Waals surface area contributed by atoms with Crippen molar-refractivity contribution in [3.8, 4) is 5.75 Å². The minimum absolute atomic E-state index is 0.0772. The molecule has 2 aliphatic rings. The van der Waals surface area contributed by atoms with Crippen molar-refractivity contribution < 1.29 is 9.53 Å². The molecule has 0 bridgehead atoms. The van der Waals surface area contributed by atoms with Crippen LogP contribution >= 0.6 is 0 Å². The van der Waals surface area contributed by atoms with Crippen LogP contribution in [0.4, 0.5) is 0 Å². The average molecular weight is 364 g/mol. The zero-order chi connectivity index (χ0) is 18.6. The fourth-order valence-corrected chi connectivity index (χ4v) is 4.19. The highest BCUT2D eigenvalue weighted by molar-refractivity contribution is 5.79. The van der Waals surface area contributed by atoms with Gasteiger partial charge in [-0.2, -0.15) is 0 Å². The Morgan fingerprint density at radius 2 is 2.04 bits per heavy atom. The van der Waals surface area contributed by atoms with Crippen LogP contribution < -0.4 is 15.4 Å². The van der Waals surface area contributed by atoms with E-state index in [-0.39, 0.29) is 17.9 Å². The first-order chi connectivity index (χ1) is 13.2. The number of rotatable bonds is 4. The highest BCUT2D eigenvalue weighted by atomic mass is 16.5. The molecule has 2 aromatic carbocycles. The number of carbonyl (C=O) groups excluding carboxylic acids is 1. The molecule has 4 rings (SSSR count). The molecule has 0 spiro atoms. The van der Waals surface area contributed by atoms with Gasteiger partial charge in [0, 0.05) is 12.0 Å². The van der Waals surface area contributed by atoms with Gasteiger partial charge in [-0.3, -0.25) is 4.79 Å². The van der Waals surface area contributed by atoms with E-state index in [0.717, 1.165) is 55.7 Å². The lowest BCUT2D eigenvalue weighted by atomic mass is 9.90. The molecule has 0 aromatic heterocycles. The van der Waals surface area contributed by atoms with Crippen LogP contribution in [0.1, 0.15) is 48.9 Å². The third-order valence-electron chi connectivity index (χ3n) is 5.68. The second kappa shape index (κ2) is 8.13. The van der Waals surface area contributed by atoms with Crippen molar-refractivity contribution in [2.45, 2.75) is 44.7 Å². The summed E-state index contributed by atoms with van der Waals surface area (Å²) in [5.41, 5.74) is 3.48. The van der Waals surface area contributed by atoms with Crippen molar-refractivity contribution in [2.24, 2.45) is 5.92 Å². The van der Waals surface area contributed by atoms with E-state index in [1.807, 2.05) is 18.2 Å². The van der Waals surface area contributed by atoms with Gasteiger partial charge in [0.25, 0.3) is 0 Å². The van der Waals surface area contributed by atoms with E-state index >= 15 is 0 Å². The molecule has 4 heteroatoms. The molecular formula is C23H28N2O2. The summed E-state index contributed by atoms with van der Waals surface area (Å²) >= 11 is 0. The number of ether oxygens (including phenoxy) is 1. The van der Waals surface area contributed by atoms with Crippen LogP contribution in [0.15, 0.2) is 48.5 Å². The number of hydrogen-bond acceptors (Lipinski definition) is 3. The van der Waals surface area contributed by atoms with Gasteiger partial charge in [0.05, 0.1) is 12.6 Å². The number of carbonyl (C=O) groups is 1. The van der Waals surface area contributed by atoms with E-state index in [0.29, 0.717) is 6.04 Å². The van der Waals surface area contributed by atoms with Gasteiger partial charge in [0.2, 0.25) is 5.91 Å². The normalized spacial score (nSPS) is 23.0. The highest BCUT2D eigenvalue weighted by Crippen LogP contribution is 2.31. The van der Waals surface area contributed by atoms with Gasteiger partial charge in [-0.25, -0.2) is 0 Å². The van der Waals surface area contributed by atoms with E-state index in [2.05, 4.69) is 47.9 Å². The Balaban J connectivity index is 1.61. The predicted octanol–water partition coefficient (Wildman–Crippen LogP) is 3.61. The zero-order valence-corrected chi connectivity index (χ0v) is 15.9. The summed E-state index contributed by atoms with van der Waals surface area (Å²) in [6, 6.07) is 16.9. The summed E-state index contributed by atoms with van der Waals surface area (Å²) in [5.74, 6) is 1.22. The summed E-state index contributed by atoms with van der Waals surface area (Å²) in [5, 5.41) is 6.76. The first kappa shape index (κ1) is 18.1. The first-order valence-corrected chi connectivity index (χ1v) is 10.0. The molecule has 1 amide bonds. The van der Waals surface area contributed by atoms with Gasteiger partial charge >= 0.3 is 0 Å². The fraction of sp³-hybridized carbons (Fsp3) is 0.435. The molecule has 0 aliphatic carbocycles. The molecule has 1 fully saturated rings. The lowest BCUT2D eigenvalue weighted by Gasteiger charge is -2.29. The molecule has 4 nitrogen and oxygen atoms in total. The molecule has 2 aliphatic heterocycles. The molecule has 3 atom stereocenters. The quantitative estimate of drug-likeness (QED) is 0.871. The third kappa shape index (κ3) is 4.16. The molecule has 1 saturated heterocycles. The molecule has 0 radical (unpaired) electrons. The van der Waals surface area contributed by atoms with Crippen molar-refractivity contribution in [1.82, 2.24) is 10.6 Å². The smallest absolute Gasteiger partial charge is 0.223 e. The lowest BCUT2D eigenvalue weighted by molar-refractivity contribution is -0.126. The Bertz CT molecular complexity index is 790. The Kier molecular flexibility index (Phi) is 5.44. The number of amides is 1.